The summed E-state index contributed by atoms with van der Waals surface area (Å²) in [4.78, 5) is 17.3. The zero-order valence-electron chi connectivity index (χ0n) is 19.6. The number of anilines is 2. The Hall–Kier alpha value is -3.71. The molecule has 0 bridgehead atoms. The van der Waals surface area contributed by atoms with E-state index >= 15 is 0 Å². The van der Waals surface area contributed by atoms with Crippen LogP contribution in [-0.4, -0.2) is 44.9 Å². The van der Waals surface area contributed by atoms with Gasteiger partial charge in [0.1, 0.15) is 0 Å². The van der Waals surface area contributed by atoms with Gasteiger partial charge in [-0.2, -0.15) is 0 Å². The Morgan fingerprint density at radius 2 is 1.76 bits per heavy atom. The number of nitrogens with zero attached hydrogens (tertiary/aromatic N) is 2. The van der Waals surface area contributed by atoms with Crippen molar-refractivity contribution in [1.82, 2.24) is 10.2 Å². The molecule has 0 fully saturated rings. The van der Waals surface area contributed by atoms with Gasteiger partial charge in [0, 0.05) is 51.2 Å². The van der Waals surface area contributed by atoms with Crippen LogP contribution < -0.4 is 25.0 Å². The normalized spacial score (nSPS) is 15.4. The zero-order chi connectivity index (χ0) is 23.5. The Balaban J connectivity index is 1.30. The minimum absolute atomic E-state index is 0.0621. The average molecular weight is 459 g/mol. The van der Waals surface area contributed by atoms with Gasteiger partial charge < -0.3 is 25.0 Å². The number of urea groups is 1. The predicted molar refractivity (Wildman–Crippen MR) is 134 cm³/mol. The van der Waals surface area contributed by atoms with E-state index in [0.29, 0.717) is 23.7 Å². The van der Waals surface area contributed by atoms with Crippen LogP contribution in [0.5, 0.6) is 11.5 Å². The molecule has 2 aliphatic heterocycles. The van der Waals surface area contributed by atoms with Gasteiger partial charge in [-0.25, -0.2) is 4.79 Å². The van der Waals surface area contributed by atoms with Crippen molar-refractivity contribution < 1.29 is 14.3 Å². The third-order valence-electron chi connectivity index (χ3n) is 6.48. The first kappa shape index (κ1) is 22.1. The molecular weight excluding hydrogens is 428 g/mol. The van der Waals surface area contributed by atoms with E-state index in [-0.39, 0.29) is 18.9 Å². The number of hydrogen-bond donors (Lipinski definition) is 2. The van der Waals surface area contributed by atoms with Gasteiger partial charge in [-0.15, -0.1) is 0 Å². The Labute approximate surface area is 200 Å². The lowest BCUT2D eigenvalue weighted by atomic mass is 9.96. The summed E-state index contributed by atoms with van der Waals surface area (Å²) in [6.07, 6.45) is 1.01. The van der Waals surface area contributed by atoms with Crippen LogP contribution in [0.25, 0.3) is 0 Å². The maximum absolute atomic E-state index is 12.8. The summed E-state index contributed by atoms with van der Waals surface area (Å²) < 4.78 is 10.7. The summed E-state index contributed by atoms with van der Waals surface area (Å²) in [5, 5.41) is 5.99. The minimum atomic E-state index is -0.244. The van der Waals surface area contributed by atoms with Crippen LogP contribution >= 0.6 is 0 Å². The second-order valence-electron chi connectivity index (χ2n) is 8.89. The number of carbonyl (C=O) groups is 1. The third-order valence-corrected chi connectivity index (χ3v) is 6.48. The van der Waals surface area contributed by atoms with Gasteiger partial charge in [0.15, 0.2) is 11.5 Å². The number of rotatable bonds is 6. The van der Waals surface area contributed by atoms with Gasteiger partial charge in [-0.05, 0) is 47.4 Å². The number of amides is 2. The quantitative estimate of drug-likeness (QED) is 0.573. The Bertz CT molecular complexity index is 1160. The van der Waals surface area contributed by atoms with E-state index < -0.39 is 0 Å². The molecule has 34 heavy (non-hydrogen) atoms. The van der Waals surface area contributed by atoms with E-state index in [1.807, 2.05) is 20.2 Å². The fourth-order valence-electron chi connectivity index (χ4n) is 4.57. The van der Waals surface area contributed by atoms with Crippen molar-refractivity contribution in [3.8, 4) is 11.5 Å². The second-order valence-corrected chi connectivity index (χ2v) is 8.89. The fraction of sp³-hybridized carbons (Fsp3) is 0.296. The molecular formula is C27H30N4O3. The van der Waals surface area contributed by atoms with Gasteiger partial charge in [-0.3, -0.25) is 4.90 Å². The maximum Gasteiger partial charge on any atom is 0.319 e. The van der Waals surface area contributed by atoms with E-state index in [1.54, 1.807) is 12.1 Å². The van der Waals surface area contributed by atoms with Gasteiger partial charge >= 0.3 is 6.03 Å². The smallest absolute Gasteiger partial charge is 0.319 e. The second kappa shape index (κ2) is 9.65. The van der Waals surface area contributed by atoms with E-state index in [0.717, 1.165) is 25.2 Å². The van der Waals surface area contributed by atoms with Crippen LogP contribution in [0.4, 0.5) is 16.2 Å². The van der Waals surface area contributed by atoms with E-state index in [1.165, 1.54) is 16.7 Å². The Morgan fingerprint density at radius 1 is 1.00 bits per heavy atom. The molecule has 0 unspecified atom stereocenters. The molecule has 3 aromatic rings. The molecule has 3 aromatic carbocycles. The number of ether oxygens (including phenoxy) is 2. The maximum atomic E-state index is 12.8. The lowest BCUT2D eigenvalue weighted by Gasteiger charge is -2.36. The molecule has 2 aliphatic rings. The zero-order valence-corrected chi connectivity index (χ0v) is 19.6. The largest absolute Gasteiger partial charge is 0.454 e. The summed E-state index contributed by atoms with van der Waals surface area (Å²) in [5.74, 6) is 1.33. The average Bonchev–Trinajstić information content (AvgIpc) is 3.32. The first-order valence-corrected chi connectivity index (χ1v) is 11.6. The molecule has 0 saturated heterocycles. The third kappa shape index (κ3) is 4.79. The number of benzene rings is 3. The molecule has 1 atom stereocenters. The van der Waals surface area contributed by atoms with Gasteiger partial charge in [-0.1, -0.05) is 36.4 Å². The number of hydrogen-bond acceptors (Lipinski definition) is 5. The summed E-state index contributed by atoms with van der Waals surface area (Å²) in [6.45, 7) is 2.52. The van der Waals surface area contributed by atoms with Crippen LogP contribution in [0.15, 0.2) is 66.7 Å². The van der Waals surface area contributed by atoms with Crippen molar-refractivity contribution in [3.05, 3.63) is 83.4 Å². The van der Waals surface area contributed by atoms with Gasteiger partial charge in [0.25, 0.3) is 0 Å². The molecule has 176 valence electrons. The van der Waals surface area contributed by atoms with Crippen molar-refractivity contribution >= 4 is 17.4 Å². The molecule has 0 aromatic heterocycles. The van der Waals surface area contributed by atoms with Gasteiger partial charge in [0.05, 0.1) is 6.04 Å². The highest BCUT2D eigenvalue weighted by Gasteiger charge is 2.25. The highest BCUT2D eigenvalue weighted by atomic mass is 16.7. The summed E-state index contributed by atoms with van der Waals surface area (Å²) in [6, 6.07) is 22.4. The molecule has 7 heteroatoms. The van der Waals surface area contributed by atoms with E-state index in [9.17, 15) is 4.79 Å². The molecule has 7 nitrogen and oxygen atoms in total. The first-order valence-electron chi connectivity index (χ1n) is 11.6. The summed E-state index contributed by atoms with van der Waals surface area (Å²) >= 11 is 0. The molecule has 0 spiro atoms. The van der Waals surface area contributed by atoms with Crippen LogP contribution in [0.3, 0.4) is 0 Å². The molecule has 2 N–H and O–H groups in total. The van der Waals surface area contributed by atoms with E-state index in [2.05, 4.69) is 69.0 Å². The van der Waals surface area contributed by atoms with Crippen molar-refractivity contribution in [2.24, 2.45) is 0 Å². The van der Waals surface area contributed by atoms with Crippen LogP contribution in [0.1, 0.15) is 22.7 Å². The monoisotopic (exact) mass is 458 g/mol. The number of nitrogens with one attached hydrogen (secondary N) is 2. The number of fused-ring (bicyclic) bond motifs is 2. The molecule has 5 rings (SSSR count). The highest BCUT2D eigenvalue weighted by molar-refractivity contribution is 5.89. The lowest BCUT2D eigenvalue weighted by Crippen LogP contribution is -2.41. The predicted octanol–water partition coefficient (Wildman–Crippen LogP) is 4.40. The molecule has 2 amide bonds. The van der Waals surface area contributed by atoms with Crippen molar-refractivity contribution in [2.75, 3.05) is 44.2 Å². The Kier molecular flexibility index (Phi) is 6.27. The van der Waals surface area contributed by atoms with Crippen LogP contribution in [0, 0.1) is 0 Å². The number of carbonyl (C=O) groups excluding carboxylic acids is 1. The van der Waals surface area contributed by atoms with Crippen molar-refractivity contribution in [3.63, 3.8) is 0 Å². The molecule has 0 saturated carbocycles. The molecule has 0 radical (unpaired) electrons. The van der Waals surface area contributed by atoms with Crippen LogP contribution in [0.2, 0.25) is 0 Å². The minimum Gasteiger partial charge on any atom is -0.454 e. The topological polar surface area (TPSA) is 66.1 Å². The summed E-state index contributed by atoms with van der Waals surface area (Å²) in [7, 11) is 4.08. The molecule has 2 heterocycles. The lowest BCUT2D eigenvalue weighted by molar-refractivity contribution is 0.174. The Morgan fingerprint density at radius 3 is 2.56 bits per heavy atom. The van der Waals surface area contributed by atoms with Gasteiger partial charge in [0.2, 0.25) is 6.79 Å². The first-order chi connectivity index (χ1) is 16.6. The van der Waals surface area contributed by atoms with E-state index in [4.69, 9.17) is 9.47 Å². The van der Waals surface area contributed by atoms with Crippen molar-refractivity contribution in [2.45, 2.75) is 19.0 Å². The van der Waals surface area contributed by atoms with Crippen LogP contribution in [-0.2, 0) is 13.0 Å². The fourth-order valence-corrected chi connectivity index (χ4v) is 4.57. The summed E-state index contributed by atoms with van der Waals surface area (Å²) in [5.41, 5.74) is 5.77. The molecule has 0 aliphatic carbocycles. The standard InChI is InChI=1S/C27H30N4O3/c1-30(2)23-10-7-20(8-11-23)24(31-14-13-19-5-3-4-6-21(19)17-31)16-28-27(32)29-22-9-12-25-26(15-22)34-18-33-25/h3-12,15,24H,13-14,16-18H2,1-2H3,(H2,28,29,32)/t24-/m1/s1. The SMILES string of the molecule is CN(C)c1ccc([C@@H](CNC(=O)Nc2ccc3c(c2)OCO3)N2CCc3ccccc3C2)cc1. The highest BCUT2D eigenvalue weighted by Crippen LogP contribution is 2.34. The van der Waals surface area contributed by atoms with Crippen molar-refractivity contribution in [1.29, 1.82) is 0 Å².